The van der Waals surface area contributed by atoms with Crippen LogP contribution in [-0.2, 0) is 12.0 Å². The molecule has 0 radical (unpaired) electrons. The van der Waals surface area contributed by atoms with E-state index in [9.17, 15) is 0 Å². The monoisotopic (exact) mass is 414 g/mol. The number of fused-ring (bicyclic) bond motifs is 1. The number of para-hydroxylation sites is 2. The Bertz CT molecular complexity index is 1180. The lowest BCUT2D eigenvalue weighted by Gasteiger charge is -2.37. The normalized spacial score (nSPS) is 16.1. The third-order valence-electron chi connectivity index (χ3n) is 6.81. The molecule has 4 aromatic rings. The summed E-state index contributed by atoms with van der Waals surface area (Å²) in [5.41, 5.74) is 5.91. The standard InChI is InChI=1S/C25H30N6/c1-18-10-4-7-13-23(18)31-24(28-29-30-31)25(15-8-3-9-16-25)26-17-14-20-19(2)27-22-12-6-5-11-21(20)22/h4-7,10-13,26-27H,3,8-9,14-17H2,1-2H3. The van der Waals surface area contributed by atoms with Gasteiger partial charge in [0.05, 0.1) is 11.2 Å². The molecule has 160 valence electrons. The van der Waals surface area contributed by atoms with Crippen molar-refractivity contribution < 1.29 is 0 Å². The SMILES string of the molecule is Cc1ccccc1-n1nnnc1C1(NCCc2c(C)[nH]c3ccccc23)CCCCC1. The minimum Gasteiger partial charge on any atom is -0.358 e. The largest absolute Gasteiger partial charge is 0.358 e. The average Bonchev–Trinajstić information content (AvgIpc) is 3.40. The van der Waals surface area contributed by atoms with Gasteiger partial charge >= 0.3 is 0 Å². The Kier molecular flexibility index (Phi) is 5.32. The van der Waals surface area contributed by atoms with Crippen molar-refractivity contribution in [2.75, 3.05) is 6.54 Å². The highest BCUT2D eigenvalue weighted by Crippen LogP contribution is 2.37. The Balaban J connectivity index is 1.44. The summed E-state index contributed by atoms with van der Waals surface area (Å²) in [5, 5.41) is 18.3. The molecule has 2 aromatic carbocycles. The molecule has 0 bridgehead atoms. The van der Waals surface area contributed by atoms with E-state index in [1.54, 1.807) is 0 Å². The van der Waals surface area contributed by atoms with E-state index in [1.807, 2.05) is 4.68 Å². The number of aromatic nitrogens is 5. The van der Waals surface area contributed by atoms with Crippen molar-refractivity contribution in [3.63, 3.8) is 0 Å². The van der Waals surface area contributed by atoms with Gasteiger partial charge in [-0.25, -0.2) is 0 Å². The van der Waals surface area contributed by atoms with Crippen LogP contribution in [0.15, 0.2) is 48.5 Å². The van der Waals surface area contributed by atoms with Crippen LogP contribution in [0.25, 0.3) is 16.6 Å². The van der Waals surface area contributed by atoms with E-state index in [0.717, 1.165) is 37.3 Å². The molecule has 2 heterocycles. The lowest BCUT2D eigenvalue weighted by molar-refractivity contribution is 0.217. The van der Waals surface area contributed by atoms with Gasteiger partial charge in [-0.3, -0.25) is 0 Å². The maximum Gasteiger partial charge on any atom is 0.176 e. The van der Waals surface area contributed by atoms with Crippen molar-refractivity contribution >= 4 is 10.9 Å². The fraction of sp³-hybridized carbons (Fsp3) is 0.400. The van der Waals surface area contributed by atoms with Gasteiger partial charge in [-0.05, 0) is 66.8 Å². The van der Waals surface area contributed by atoms with Crippen LogP contribution in [0.1, 0.15) is 54.7 Å². The molecule has 6 heteroatoms. The van der Waals surface area contributed by atoms with Crippen molar-refractivity contribution in [1.82, 2.24) is 30.5 Å². The Morgan fingerprint density at radius 1 is 1.00 bits per heavy atom. The van der Waals surface area contributed by atoms with Gasteiger partial charge in [0.2, 0.25) is 0 Å². The second kappa shape index (κ2) is 8.27. The molecule has 2 N–H and O–H groups in total. The third kappa shape index (κ3) is 3.65. The Morgan fingerprint density at radius 2 is 1.77 bits per heavy atom. The maximum atomic E-state index is 4.55. The number of benzene rings is 2. The zero-order chi connectivity index (χ0) is 21.3. The number of nitrogens with zero attached hydrogens (tertiary/aromatic N) is 4. The molecule has 0 aliphatic heterocycles. The zero-order valence-electron chi connectivity index (χ0n) is 18.4. The first-order chi connectivity index (χ1) is 15.2. The summed E-state index contributed by atoms with van der Waals surface area (Å²) < 4.78 is 1.95. The van der Waals surface area contributed by atoms with Gasteiger partial charge in [0.1, 0.15) is 0 Å². The van der Waals surface area contributed by atoms with E-state index in [-0.39, 0.29) is 5.54 Å². The number of rotatable bonds is 6. The van der Waals surface area contributed by atoms with E-state index in [0.29, 0.717) is 0 Å². The summed E-state index contributed by atoms with van der Waals surface area (Å²) in [5.74, 6) is 0.942. The minimum atomic E-state index is -0.190. The molecule has 1 saturated carbocycles. The van der Waals surface area contributed by atoms with Gasteiger partial charge in [0, 0.05) is 23.1 Å². The van der Waals surface area contributed by atoms with Crippen molar-refractivity contribution in [2.45, 2.75) is 57.9 Å². The lowest BCUT2D eigenvalue weighted by atomic mass is 9.80. The van der Waals surface area contributed by atoms with E-state index >= 15 is 0 Å². The molecule has 0 unspecified atom stereocenters. The van der Waals surface area contributed by atoms with Gasteiger partial charge in [-0.1, -0.05) is 55.7 Å². The van der Waals surface area contributed by atoms with Gasteiger partial charge in [-0.2, -0.15) is 4.68 Å². The molecule has 0 saturated heterocycles. The van der Waals surface area contributed by atoms with Crippen molar-refractivity contribution in [3.05, 3.63) is 71.2 Å². The summed E-state index contributed by atoms with van der Waals surface area (Å²) in [6.45, 7) is 5.18. The molecular formula is C25H30N6. The van der Waals surface area contributed by atoms with Crippen LogP contribution in [0.2, 0.25) is 0 Å². The maximum absolute atomic E-state index is 4.55. The summed E-state index contributed by atoms with van der Waals surface area (Å²) in [7, 11) is 0. The van der Waals surface area contributed by atoms with Crippen molar-refractivity contribution in [1.29, 1.82) is 0 Å². The fourth-order valence-corrected chi connectivity index (χ4v) is 5.17. The first kappa shape index (κ1) is 19.9. The second-order valence-electron chi connectivity index (χ2n) is 8.79. The highest BCUT2D eigenvalue weighted by Gasteiger charge is 2.39. The first-order valence-electron chi connectivity index (χ1n) is 11.3. The molecule has 31 heavy (non-hydrogen) atoms. The number of tetrazole rings is 1. The molecule has 1 aliphatic carbocycles. The van der Waals surface area contributed by atoms with Gasteiger partial charge in [-0.15, -0.1) is 5.10 Å². The molecule has 0 amide bonds. The predicted octanol–water partition coefficient (Wildman–Crippen LogP) is 4.75. The van der Waals surface area contributed by atoms with Gasteiger partial charge in [0.25, 0.3) is 0 Å². The number of aryl methyl sites for hydroxylation is 2. The van der Waals surface area contributed by atoms with Crippen LogP contribution in [0.4, 0.5) is 0 Å². The molecule has 2 aromatic heterocycles. The van der Waals surface area contributed by atoms with Gasteiger partial charge in [0.15, 0.2) is 5.82 Å². The van der Waals surface area contributed by atoms with E-state index in [4.69, 9.17) is 0 Å². The van der Waals surface area contributed by atoms with Crippen LogP contribution in [-0.4, -0.2) is 31.7 Å². The fourth-order valence-electron chi connectivity index (χ4n) is 5.17. The number of hydrogen-bond acceptors (Lipinski definition) is 4. The van der Waals surface area contributed by atoms with Crippen molar-refractivity contribution in [2.24, 2.45) is 0 Å². The minimum absolute atomic E-state index is 0.190. The Labute approximate surface area is 183 Å². The summed E-state index contributed by atoms with van der Waals surface area (Å²) >= 11 is 0. The molecule has 1 fully saturated rings. The topological polar surface area (TPSA) is 71.4 Å². The van der Waals surface area contributed by atoms with Gasteiger partial charge < -0.3 is 10.3 Å². The molecule has 6 nitrogen and oxygen atoms in total. The first-order valence-corrected chi connectivity index (χ1v) is 11.3. The average molecular weight is 415 g/mol. The quantitative estimate of drug-likeness (QED) is 0.477. The predicted molar refractivity (Wildman–Crippen MR) is 123 cm³/mol. The molecular weight excluding hydrogens is 384 g/mol. The molecule has 0 spiro atoms. The van der Waals surface area contributed by atoms with Crippen LogP contribution in [0.5, 0.6) is 0 Å². The molecule has 0 atom stereocenters. The second-order valence-corrected chi connectivity index (χ2v) is 8.79. The smallest absolute Gasteiger partial charge is 0.176 e. The number of H-pyrrole nitrogens is 1. The Hall–Kier alpha value is -2.99. The number of hydrogen-bond donors (Lipinski definition) is 2. The summed E-state index contributed by atoms with van der Waals surface area (Å²) in [4.78, 5) is 3.53. The number of nitrogens with one attached hydrogen (secondary N) is 2. The number of aromatic amines is 1. The molecule has 5 rings (SSSR count). The van der Waals surface area contributed by atoms with E-state index in [1.165, 1.54) is 47.0 Å². The van der Waals surface area contributed by atoms with Crippen LogP contribution in [0.3, 0.4) is 0 Å². The van der Waals surface area contributed by atoms with Crippen molar-refractivity contribution in [3.8, 4) is 5.69 Å². The summed E-state index contributed by atoms with van der Waals surface area (Å²) in [6.07, 6.45) is 6.76. The van der Waals surface area contributed by atoms with Crippen LogP contribution in [0, 0.1) is 13.8 Å². The highest BCUT2D eigenvalue weighted by atomic mass is 15.6. The van der Waals surface area contributed by atoms with Crippen LogP contribution < -0.4 is 5.32 Å². The zero-order valence-corrected chi connectivity index (χ0v) is 18.4. The Morgan fingerprint density at radius 3 is 2.61 bits per heavy atom. The highest BCUT2D eigenvalue weighted by molar-refractivity contribution is 5.84. The van der Waals surface area contributed by atoms with E-state index in [2.05, 4.69) is 88.2 Å². The summed E-state index contributed by atoms with van der Waals surface area (Å²) in [6, 6.07) is 16.9. The lowest BCUT2D eigenvalue weighted by Crippen LogP contribution is -2.47. The van der Waals surface area contributed by atoms with E-state index < -0.39 is 0 Å². The van der Waals surface area contributed by atoms with Crippen LogP contribution >= 0.6 is 0 Å². The molecule has 1 aliphatic rings. The third-order valence-corrected chi connectivity index (χ3v) is 6.81.